The predicted octanol–water partition coefficient (Wildman–Crippen LogP) is 2.48. The summed E-state index contributed by atoms with van der Waals surface area (Å²) in [4.78, 5) is 2.48. The highest BCUT2D eigenvalue weighted by molar-refractivity contribution is 5.66. The Morgan fingerprint density at radius 3 is 2.70 bits per heavy atom. The lowest BCUT2D eigenvalue weighted by atomic mass is 9.60. The third-order valence-corrected chi connectivity index (χ3v) is 9.73. The van der Waals surface area contributed by atoms with Crippen LogP contribution in [0.1, 0.15) is 45.1 Å². The van der Waals surface area contributed by atoms with E-state index < -0.39 is 0 Å². The summed E-state index contributed by atoms with van der Waals surface area (Å²) in [5.74, 6) is 1.18. The zero-order valence-corrected chi connectivity index (χ0v) is 16.8. The zero-order chi connectivity index (χ0) is 18.7. The molecule has 27 heavy (non-hydrogen) atoms. The molecule has 0 aromatic heterocycles. The van der Waals surface area contributed by atoms with Crippen molar-refractivity contribution in [3.05, 3.63) is 29.8 Å². The fourth-order valence-electron chi connectivity index (χ4n) is 9.23. The number of anilines is 1. The first-order chi connectivity index (χ1) is 13.0. The minimum atomic E-state index is -0.271. The number of aliphatic hydroxyl groups is 2. The molecule has 5 bridgehead atoms. The van der Waals surface area contributed by atoms with Crippen molar-refractivity contribution in [3.8, 4) is 0 Å². The number of piperidine rings is 4. The molecule has 2 unspecified atom stereocenters. The van der Waals surface area contributed by atoms with Crippen LogP contribution in [0.25, 0.3) is 0 Å². The number of likely N-dealkylation sites (N-methyl/N-ethyl adjacent to an activating group) is 1. The summed E-state index contributed by atoms with van der Waals surface area (Å²) in [6.45, 7) is 5.56. The van der Waals surface area contributed by atoms with Gasteiger partial charge in [-0.05, 0) is 30.4 Å². The summed E-state index contributed by atoms with van der Waals surface area (Å²) >= 11 is 0. The molecule has 0 amide bonds. The van der Waals surface area contributed by atoms with Crippen LogP contribution in [-0.4, -0.2) is 58.7 Å². The van der Waals surface area contributed by atoms with Gasteiger partial charge in [0.15, 0.2) is 6.23 Å². The van der Waals surface area contributed by atoms with E-state index in [2.05, 4.69) is 50.1 Å². The van der Waals surface area contributed by atoms with E-state index in [4.69, 9.17) is 0 Å². The second-order valence-electron chi connectivity index (χ2n) is 10.1. The quantitative estimate of drug-likeness (QED) is 0.805. The molecule has 1 aromatic carbocycles. The van der Waals surface area contributed by atoms with Gasteiger partial charge in [-0.3, -0.25) is 4.48 Å². The summed E-state index contributed by atoms with van der Waals surface area (Å²) in [5.41, 5.74) is 2.56. The van der Waals surface area contributed by atoms with Crippen molar-refractivity contribution in [3.63, 3.8) is 0 Å². The largest absolute Gasteiger partial charge is 0.392 e. The zero-order valence-electron chi connectivity index (χ0n) is 16.8. The normalized spacial score (nSPS) is 53.7. The highest BCUT2D eigenvalue weighted by atomic mass is 16.3. The number of quaternary nitrogens is 1. The Hall–Kier alpha value is -1.10. The smallest absolute Gasteiger partial charge is 0.194 e. The van der Waals surface area contributed by atoms with Gasteiger partial charge in [0.2, 0.25) is 0 Å². The molecule has 1 aliphatic carbocycles. The maximum Gasteiger partial charge on any atom is 0.194 e. The lowest BCUT2D eigenvalue weighted by Gasteiger charge is -2.68. The molecule has 2 N–H and O–H groups in total. The second-order valence-corrected chi connectivity index (χ2v) is 10.1. The Kier molecular flexibility index (Phi) is 3.17. The number of nitrogens with zero attached hydrogens (tertiary/aromatic N) is 2. The molecular formula is C23H33N2O2+. The minimum Gasteiger partial charge on any atom is -0.392 e. The fraction of sp³-hybridized carbons (Fsp3) is 0.739. The van der Waals surface area contributed by atoms with Gasteiger partial charge in [-0.25, -0.2) is 0 Å². The van der Waals surface area contributed by atoms with E-state index in [9.17, 15) is 10.2 Å². The highest BCUT2D eigenvalue weighted by Gasteiger charge is 2.82. The molecule has 1 spiro atoms. The Labute approximate surface area is 162 Å². The topological polar surface area (TPSA) is 43.7 Å². The molecule has 7 rings (SSSR count). The van der Waals surface area contributed by atoms with E-state index in [0.717, 1.165) is 30.3 Å². The summed E-state index contributed by atoms with van der Waals surface area (Å²) in [6.07, 6.45) is 3.84. The summed E-state index contributed by atoms with van der Waals surface area (Å²) in [6, 6.07) is 9.97. The lowest BCUT2D eigenvalue weighted by Crippen LogP contribution is -2.83. The van der Waals surface area contributed by atoms with Gasteiger partial charge in [-0.2, -0.15) is 0 Å². The molecule has 4 heteroatoms. The number of rotatable bonds is 3. The Balaban J connectivity index is 1.62. The molecule has 0 radical (unpaired) electrons. The summed E-state index contributed by atoms with van der Waals surface area (Å²) in [7, 11) is 2.23. The first-order valence-electron chi connectivity index (χ1n) is 11.1. The van der Waals surface area contributed by atoms with Gasteiger partial charge in [-0.15, -0.1) is 0 Å². The third-order valence-electron chi connectivity index (χ3n) is 9.73. The highest BCUT2D eigenvalue weighted by Crippen LogP contribution is 2.71. The second kappa shape index (κ2) is 5.08. The van der Waals surface area contributed by atoms with Crippen molar-refractivity contribution in [1.29, 1.82) is 0 Å². The van der Waals surface area contributed by atoms with Gasteiger partial charge >= 0.3 is 0 Å². The molecule has 4 saturated heterocycles. The maximum atomic E-state index is 11.9. The van der Waals surface area contributed by atoms with Crippen LogP contribution in [0, 0.1) is 17.8 Å². The van der Waals surface area contributed by atoms with Crippen molar-refractivity contribution in [2.24, 2.45) is 17.8 Å². The number of hydrogen-bond donors (Lipinski definition) is 2. The van der Waals surface area contributed by atoms with Crippen LogP contribution >= 0.6 is 0 Å². The van der Waals surface area contributed by atoms with E-state index in [1.807, 2.05) is 0 Å². The average Bonchev–Trinajstić information content (AvgIpc) is 3.06. The maximum absolute atomic E-state index is 11.9. The first kappa shape index (κ1) is 16.8. The number of hydrogen-bond acceptors (Lipinski definition) is 3. The molecule has 10 atom stereocenters. The molecule has 5 fully saturated rings. The van der Waals surface area contributed by atoms with Crippen molar-refractivity contribution in [2.45, 2.75) is 75.4 Å². The van der Waals surface area contributed by atoms with Gasteiger partial charge in [0.1, 0.15) is 6.04 Å². The van der Waals surface area contributed by atoms with Gasteiger partial charge in [-0.1, -0.05) is 32.0 Å². The Bertz CT molecular complexity index is 798. The molecular weight excluding hydrogens is 336 g/mol. The average molecular weight is 370 g/mol. The van der Waals surface area contributed by atoms with Crippen LogP contribution < -0.4 is 4.90 Å². The number of fused-ring (bicyclic) bond motifs is 2. The van der Waals surface area contributed by atoms with Crippen LogP contribution in [0.5, 0.6) is 0 Å². The van der Waals surface area contributed by atoms with Gasteiger partial charge < -0.3 is 15.1 Å². The van der Waals surface area contributed by atoms with Gasteiger partial charge in [0.25, 0.3) is 0 Å². The van der Waals surface area contributed by atoms with Crippen LogP contribution in [0.15, 0.2) is 24.3 Å². The number of para-hydroxylation sites is 1. The molecule has 146 valence electrons. The lowest BCUT2D eigenvalue weighted by molar-refractivity contribution is -1.04. The van der Waals surface area contributed by atoms with E-state index in [1.54, 1.807) is 0 Å². The van der Waals surface area contributed by atoms with Crippen molar-refractivity contribution in [2.75, 3.05) is 18.5 Å². The van der Waals surface area contributed by atoms with Gasteiger partial charge in [0, 0.05) is 37.4 Å². The Morgan fingerprint density at radius 2 is 1.96 bits per heavy atom. The van der Waals surface area contributed by atoms with Crippen LogP contribution in [0.4, 0.5) is 5.69 Å². The standard InChI is InChI=1S/C23H33N2O2/c1-4-10-25-17-11-14(13(5-2)22(25)27)19-18(25)12-23(21(19)26)15-8-6-7-9-16(15)24(3)20(17)23/h6-9,13-14,17-22,26-27H,4-5,10-12H2,1-3H3/q+1/t13-,14-,17-,18-,19?,20-,21+,22+,23+,25?/m0/s1. The number of benzene rings is 1. The molecule has 5 aliphatic heterocycles. The minimum absolute atomic E-state index is 0.127. The Morgan fingerprint density at radius 1 is 1.19 bits per heavy atom. The molecule has 1 aromatic rings. The van der Waals surface area contributed by atoms with Crippen LogP contribution in [0.2, 0.25) is 0 Å². The fourth-order valence-corrected chi connectivity index (χ4v) is 9.23. The monoisotopic (exact) mass is 369 g/mol. The van der Waals surface area contributed by atoms with E-state index in [-0.39, 0.29) is 17.7 Å². The van der Waals surface area contributed by atoms with E-state index in [0.29, 0.717) is 35.9 Å². The van der Waals surface area contributed by atoms with Crippen molar-refractivity contribution < 1.29 is 14.7 Å². The molecule has 6 aliphatic rings. The molecule has 1 saturated carbocycles. The SMILES string of the molecule is CCC[N+]12[C@H](O)[C@@H](CC)[C@@H]3C[C@H]1[C@@H]1N(C)c4ccccc4[C@]14C[C@H]2C3[C@H]4O. The predicted molar refractivity (Wildman–Crippen MR) is 105 cm³/mol. The van der Waals surface area contributed by atoms with E-state index in [1.165, 1.54) is 17.7 Å². The first-order valence-corrected chi connectivity index (χ1v) is 11.1. The van der Waals surface area contributed by atoms with E-state index >= 15 is 0 Å². The van der Waals surface area contributed by atoms with Gasteiger partial charge in [0.05, 0.1) is 30.1 Å². The summed E-state index contributed by atoms with van der Waals surface area (Å²) < 4.78 is 0.873. The number of aliphatic hydroxyl groups excluding tert-OH is 2. The van der Waals surface area contributed by atoms with Crippen LogP contribution in [0.3, 0.4) is 0 Å². The molecule has 5 heterocycles. The molecule has 4 nitrogen and oxygen atoms in total. The van der Waals surface area contributed by atoms with Crippen LogP contribution in [-0.2, 0) is 5.41 Å². The van der Waals surface area contributed by atoms with Crippen molar-refractivity contribution >= 4 is 5.69 Å². The third kappa shape index (κ3) is 1.51. The summed E-state index contributed by atoms with van der Waals surface area (Å²) in [5, 5.41) is 23.6. The van der Waals surface area contributed by atoms with Crippen molar-refractivity contribution in [1.82, 2.24) is 0 Å².